The minimum atomic E-state index is -1.11. The fourth-order valence-electron chi connectivity index (χ4n) is 5.30. The van der Waals surface area contributed by atoms with Crippen LogP contribution in [0, 0.1) is 25.2 Å². The van der Waals surface area contributed by atoms with Gasteiger partial charge in [-0.15, -0.1) is 12.3 Å². The van der Waals surface area contributed by atoms with Gasteiger partial charge in [0.25, 0.3) is 11.5 Å². The average molecular weight is 580 g/mol. The predicted octanol–water partition coefficient (Wildman–Crippen LogP) is 2.20. The van der Waals surface area contributed by atoms with Crippen molar-refractivity contribution in [3.8, 4) is 12.3 Å². The van der Waals surface area contributed by atoms with Crippen LogP contribution in [-0.2, 0) is 14.3 Å². The van der Waals surface area contributed by atoms with Gasteiger partial charge in [-0.1, -0.05) is 17.7 Å². The molecule has 1 saturated carbocycles. The molecular formula is C30H37N5O7. The number of nitrogens with zero attached hydrogens (tertiary/aromatic N) is 2. The summed E-state index contributed by atoms with van der Waals surface area (Å²) in [4.78, 5) is 52.0. The Morgan fingerprint density at radius 2 is 2.10 bits per heavy atom. The summed E-state index contributed by atoms with van der Waals surface area (Å²) in [5.41, 5.74) is -0.708. The number of carbonyl (C=O) groups excluding carboxylic acids is 3. The second-order valence-electron chi connectivity index (χ2n) is 10.7. The number of aliphatic hydroxyl groups excluding tert-OH is 1. The summed E-state index contributed by atoms with van der Waals surface area (Å²) in [6.07, 6.45) is 14.7. The molecule has 12 heteroatoms. The molecular weight excluding hydrogens is 542 g/mol. The first-order chi connectivity index (χ1) is 20.2. The highest BCUT2D eigenvalue weighted by Crippen LogP contribution is 2.22. The van der Waals surface area contributed by atoms with Crippen molar-refractivity contribution < 1.29 is 28.8 Å². The van der Waals surface area contributed by atoms with Gasteiger partial charge < -0.3 is 29.6 Å². The summed E-state index contributed by atoms with van der Waals surface area (Å²) in [5, 5.41) is 22.3. The van der Waals surface area contributed by atoms with E-state index in [1.807, 2.05) is 0 Å². The Bertz CT molecular complexity index is 1380. The van der Waals surface area contributed by atoms with Crippen LogP contribution in [0.5, 0.6) is 0 Å². The number of aliphatic hydroxyl groups is 1. The number of pyridine rings is 1. The molecule has 0 spiro atoms. The van der Waals surface area contributed by atoms with E-state index in [1.54, 1.807) is 13.0 Å². The van der Waals surface area contributed by atoms with E-state index in [-0.39, 0.29) is 29.8 Å². The number of anilines is 1. The lowest BCUT2D eigenvalue weighted by atomic mass is 9.96. The Balaban J connectivity index is 1.50. The minimum absolute atomic E-state index is 0.000420. The smallest absolute Gasteiger partial charge is 0.330 e. The van der Waals surface area contributed by atoms with Crippen LogP contribution >= 0.6 is 0 Å². The lowest BCUT2D eigenvalue weighted by Gasteiger charge is -2.25. The van der Waals surface area contributed by atoms with Crippen LogP contribution in [0.1, 0.15) is 73.7 Å². The van der Waals surface area contributed by atoms with Crippen LogP contribution in [0.25, 0.3) is 0 Å². The van der Waals surface area contributed by atoms with E-state index in [0.29, 0.717) is 25.1 Å². The zero-order valence-corrected chi connectivity index (χ0v) is 23.6. The Hall–Kier alpha value is -4.21. The Morgan fingerprint density at radius 3 is 2.76 bits per heavy atom. The van der Waals surface area contributed by atoms with Crippen LogP contribution in [0.3, 0.4) is 0 Å². The van der Waals surface area contributed by atoms with Gasteiger partial charge in [-0.2, -0.15) is 0 Å². The molecule has 2 fully saturated rings. The van der Waals surface area contributed by atoms with Crippen LogP contribution in [0.4, 0.5) is 5.69 Å². The summed E-state index contributed by atoms with van der Waals surface area (Å²) < 4.78 is 11.6. The van der Waals surface area contributed by atoms with Crippen LogP contribution in [0.2, 0.25) is 0 Å². The molecule has 4 N–H and O–H groups in total. The normalized spacial score (nSPS) is 20.5. The number of ether oxygens (including phenoxy) is 1. The minimum Gasteiger partial charge on any atom is -0.459 e. The topological polar surface area (TPSA) is 165 Å². The average Bonchev–Trinajstić information content (AvgIpc) is 3.59. The molecule has 2 aromatic rings. The molecule has 2 aliphatic rings. The number of amides is 2. The summed E-state index contributed by atoms with van der Waals surface area (Å²) in [6, 6.07) is 2.60. The maximum Gasteiger partial charge on any atom is 0.330 e. The van der Waals surface area contributed by atoms with Gasteiger partial charge in [0.1, 0.15) is 29.8 Å². The third-order valence-electron chi connectivity index (χ3n) is 7.53. The lowest BCUT2D eigenvalue weighted by molar-refractivity contribution is -0.144. The first-order valence-corrected chi connectivity index (χ1v) is 14.2. The zero-order valence-electron chi connectivity index (χ0n) is 23.6. The first-order valence-electron chi connectivity index (χ1n) is 14.2. The summed E-state index contributed by atoms with van der Waals surface area (Å²) in [6.45, 7) is 2.26. The molecule has 224 valence electrons. The molecule has 42 heavy (non-hydrogen) atoms. The number of terminal acetylenes is 1. The van der Waals surface area contributed by atoms with Crippen molar-refractivity contribution in [2.75, 3.05) is 11.9 Å². The number of esters is 1. The molecule has 4 rings (SSSR count). The van der Waals surface area contributed by atoms with Crippen molar-refractivity contribution in [2.45, 2.75) is 82.7 Å². The van der Waals surface area contributed by atoms with Crippen LogP contribution < -0.4 is 21.5 Å². The van der Waals surface area contributed by atoms with Gasteiger partial charge in [-0.3, -0.25) is 19.7 Å². The molecule has 0 bridgehead atoms. The second-order valence-corrected chi connectivity index (χ2v) is 10.7. The second kappa shape index (κ2) is 14.6. The fourth-order valence-corrected chi connectivity index (χ4v) is 5.30. The van der Waals surface area contributed by atoms with E-state index in [0.717, 1.165) is 36.7 Å². The third-order valence-corrected chi connectivity index (χ3v) is 7.53. The molecule has 4 atom stereocenters. The fraction of sp³-hybridized carbons (Fsp3) is 0.500. The number of hydrogen-bond acceptors (Lipinski definition) is 9. The van der Waals surface area contributed by atoms with Gasteiger partial charge in [0.05, 0.1) is 0 Å². The Morgan fingerprint density at radius 1 is 1.31 bits per heavy atom. The number of rotatable bonds is 11. The number of nitrogens with one attached hydrogen (secondary N) is 3. The van der Waals surface area contributed by atoms with E-state index in [1.165, 1.54) is 30.5 Å². The van der Waals surface area contributed by atoms with Crippen molar-refractivity contribution in [1.82, 2.24) is 20.4 Å². The van der Waals surface area contributed by atoms with Crippen molar-refractivity contribution in [3.63, 3.8) is 0 Å². The predicted molar refractivity (Wildman–Crippen MR) is 153 cm³/mol. The molecule has 2 aromatic heterocycles. The largest absolute Gasteiger partial charge is 0.459 e. The van der Waals surface area contributed by atoms with Crippen molar-refractivity contribution in [1.29, 1.82) is 0 Å². The highest BCUT2D eigenvalue weighted by atomic mass is 16.5. The highest BCUT2D eigenvalue weighted by molar-refractivity contribution is 6.02. The lowest BCUT2D eigenvalue weighted by Crippen LogP contribution is -2.43. The molecule has 3 heterocycles. The molecule has 2 amide bonds. The van der Waals surface area contributed by atoms with E-state index < -0.39 is 41.7 Å². The molecule has 12 nitrogen and oxygen atoms in total. The summed E-state index contributed by atoms with van der Waals surface area (Å²) in [7, 11) is 0. The molecule has 1 aliphatic carbocycles. The number of aryl methyl sites for hydroxylation is 1. The molecule has 1 unspecified atom stereocenters. The van der Waals surface area contributed by atoms with Gasteiger partial charge in [-0.25, -0.2) is 4.79 Å². The van der Waals surface area contributed by atoms with Gasteiger partial charge in [0, 0.05) is 36.7 Å². The van der Waals surface area contributed by atoms with Crippen LogP contribution in [-0.4, -0.2) is 57.5 Å². The zero-order chi connectivity index (χ0) is 30.1. The van der Waals surface area contributed by atoms with Gasteiger partial charge in [-0.05, 0) is 64.1 Å². The summed E-state index contributed by atoms with van der Waals surface area (Å²) in [5.74, 6) is 1.02. The monoisotopic (exact) mass is 579 g/mol. The third kappa shape index (κ3) is 8.18. The maximum atomic E-state index is 13.6. The SMILES string of the molecule is C#CC[C@@H](C(=O)N[C@H](/C=C/C(=O)OC1CCCCC1)C[C@@H]1CCNC1O)n1cccc(NC(=O)c2cc(C)on2)c1=O. The van der Waals surface area contributed by atoms with Gasteiger partial charge in [0.15, 0.2) is 5.69 Å². The van der Waals surface area contributed by atoms with E-state index in [9.17, 15) is 24.3 Å². The molecule has 0 radical (unpaired) electrons. The maximum absolute atomic E-state index is 13.6. The van der Waals surface area contributed by atoms with Gasteiger partial charge in [0.2, 0.25) is 5.91 Å². The van der Waals surface area contributed by atoms with E-state index in [2.05, 4.69) is 27.0 Å². The van der Waals surface area contributed by atoms with Crippen LogP contribution in [0.15, 0.2) is 45.9 Å². The number of carbonyl (C=O) groups is 3. The quantitative estimate of drug-likeness (QED) is 0.177. The molecule has 0 aromatic carbocycles. The van der Waals surface area contributed by atoms with E-state index >= 15 is 0 Å². The van der Waals surface area contributed by atoms with Crippen molar-refractivity contribution in [3.05, 3.63) is 58.4 Å². The summed E-state index contributed by atoms with van der Waals surface area (Å²) >= 11 is 0. The number of hydrogen-bond donors (Lipinski definition) is 4. The first kappa shape index (κ1) is 30.7. The highest BCUT2D eigenvalue weighted by Gasteiger charge is 2.30. The molecule has 1 saturated heterocycles. The Kier molecular flexibility index (Phi) is 10.7. The standard InChI is InChI=1S/C30H37N5O7/c1-3-8-25(35-16-7-11-23(30(35)40)33-28(38)24-17-19(2)42-34-24)29(39)32-21(18-20-14-15-31-27(20)37)12-13-26(36)41-22-9-5-4-6-10-22/h1,7,11-13,16-17,20-22,25,27,31,37H,4-6,8-10,14-15,18H2,2H3,(H,32,39)(H,33,38)/b13-12+/t20-,21+,25-,27?/m0/s1. The van der Waals surface area contributed by atoms with E-state index in [4.69, 9.17) is 15.7 Å². The van der Waals surface area contributed by atoms with Crippen molar-refractivity contribution in [2.24, 2.45) is 5.92 Å². The Labute approximate surface area is 243 Å². The molecule has 1 aliphatic heterocycles. The van der Waals surface area contributed by atoms with Crippen molar-refractivity contribution >= 4 is 23.5 Å². The van der Waals surface area contributed by atoms with Gasteiger partial charge >= 0.3 is 5.97 Å². The number of aromatic nitrogens is 2.